The van der Waals surface area contributed by atoms with Crippen LogP contribution in [0.15, 0.2) is 6.07 Å². The highest BCUT2D eigenvalue weighted by Gasteiger charge is 2.41. The molecule has 0 atom stereocenters. The topological polar surface area (TPSA) is 95.1 Å². The fourth-order valence-corrected chi connectivity index (χ4v) is 2.80. The Hall–Kier alpha value is -1.85. The van der Waals surface area contributed by atoms with Crippen LogP contribution in [0.3, 0.4) is 0 Å². The molecule has 0 unspecified atom stereocenters. The van der Waals surface area contributed by atoms with Gasteiger partial charge in [-0.15, -0.1) is 0 Å². The molecule has 6 heteroatoms. The van der Waals surface area contributed by atoms with Gasteiger partial charge in [-0.05, 0) is 19.3 Å². The van der Waals surface area contributed by atoms with Gasteiger partial charge in [0.1, 0.15) is 0 Å². The SMILES string of the molecule is CCc1cc(NC(=O)CC2(C(=O)O)CCCCC2)n[nH]1. The van der Waals surface area contributed by atoms with Crippen LogP contribution in [0, 0.1) is 5.41 Å². The van der Waals surface area contributed by atoms with E-state index >= 15 is 0 Å². The first-order valence-electron chi connectivity index (χ1n) is 7.13. The van der Waals surface area contributed by atoms with Crippen molar-refractivity contribution in [1.82, 2.24) is 10.2 Å². The van der Waals surface area contributed by atoms with E-state index in [9.17, 15) is 14.7 Å². The van der Waals surface area contributed by atoms with Gasteiger partial charge in [0.15, 0.2) is 5.82 Å². The van der Waals surface area contributed by atoms with Crippen molar-refractivity contribution in [3.8, 4) is 0 Å². The van der Waals surface area contributed by atoms with Crippen LogP contribution in [0.25, 0.3) is 0 Å². The lowest BCUT2D eigenvalue weighted by molar-refractivity contribution is -0.153. The van der Waals surface area contributed by atoms with Crippen molar-refractivity contribution in [1.29, 1.82) is 0 Å². The summed E-state index contributed by atoms with van der Waals surface area (Å²) in [4.78, 5) is 23.6. The Morgan fingerprint density at radius 1 is 1.40 bits per heavy atom. The molecule has 0 bridgehead atoms. The number of carboxylic acids is 1. The van der Waals surface area contributed by atoms with E-state index < -0.39 is 11.4 Å². The quantitative estimate of drug-likeness (QED) is 0.771. The molecule has 0 radical (unpaired) electrons. The van der Waals surface area contributed by atoms with Gasteiger partial charge in [0.2, 0.25) is 5.91 Å². The van der Waals surface area contributed by atoms with Gasteiger partial charge in [0, 0.05) is 18.2 Å². The molecule has 1 aliphatic carbocycles. The van der Waals surface area contributed by atoms with E-state index in [1.807, 2.05) is 6.92 Å². The average molecular weight is 279 g/mol. The van der Waals surface area contributed by atoms with E-state index in [0.717, 1.165) is 31.4 Å². The number of rotatable bonds is 5. The second kappa shape index (κ2) is 6.07. The number of amides is 1. The first-order chi connectivity index (χ1) is 9.55. The number of hydrogen-bond acceptors (Lipinski definition) is 3. The number of aromatic nitrogens is 2. The summed E-state index contributed by atoms with van der Waals surface area (Å²) in [5.74, 6) is -0.671. The van der Waals surface area contributed by atoms with Gasteiger partial charge in [-0.2, -0.15) is 5.10 Å². The normalized spacial score (nSPS) is 17.6. The van der Waals surface area contributed by atoms with Gasteiger partial charge < -0.3 is 10.4 Å². The predicted molar refractivity (Wildman–Crippen MR) is 74.4 cm³/mol. The fourth-order valence-electron chi connectivity index (χ4n) is 2.80. The molecule has 0 spiro atoms. The largest absolute Gasteiger partial charge is 0.481 e. The molecule has 1 aromatic heterocycles. The summed E-state index contributed by atoms with van der Waals surface area (Å²) in [5, 5.41) is 18.9. The van der Waals surface area contributed by atoms with E-state index in [-0.39, 0.29) is 12.3 Å². The zero-order valence-corrected chi connectivity index (χ0v) is 11.7. The van der Waals surface area contributed by atoms with Crippen molar-refractivity contribution in [2.45, 2.75) is 51.9 Å². The van der Waals surface area contributed by atoms with E-state index in [1.54, 1.807) is 6.07 Å². The summed E-state index contributed by atoms with van der Waals surface area (Å²) < 4.78 is 0. The van der Waals surface area contributed by atoms with Crippen LogP contribution in [-0.4, -0.2) is 27.2 Å². The minimum absolute atomic E-state index is 0.0245. The van der Waals surface area contributed by atoms with Gasteiger partial charge in [0.05, 0.1) is 5.41 Å². The smallest absolute Gasteiger partial charge is 0.310 e. The minimum Gasteiger partial charge on any atom is -0.481 e. The second-order valence-electron chi connectivity index (χ2n) is 5.50. The lowest BCUT2D eigenvalue weighted by atomic mass is 9.71. The molecule has 1 aliphatic rings. The molecule has 0 saturated heterocycles. The van der Waals surface area contributed by atoms with Gasteiger partial charge in [-0.1, -0.05) is 26.2 Å². The number of nitrogens with zero attached hydrogens (tertiary/aromatic N) is 1. The van der Waals surface area contributed by atoms with Crippen LogP contribution in [0.2, 0.25) is 0 Å². The molecule has 0 aliphatic heterocycles. The van der Waals surface area contributed by atoms with E-state index in [1.165, 1.54) is 0 Å². The highest BCUT2D eigenvalue weighted by Crippen LogP contribution is 2.39. The Bertz CT molecular complexity index is 490. The predicted octanol–water partition coefficient (Wildman–Crippen LogP) is 2.34. The number of carboxylic acid groups (broad SMARTS) is 1. The van der Waals surface area contributed by atoms with E-state index in [0.29, 0.717) is 18.7 Å². The lowest BCUT2D eigenvalue weighted by Crippen LogP contribution is -2.37. The van der Waals surface area contributed by atoms with Crippen molar-refractivity contribution in [3.05, 3.63) is 11.8 Å². The summed E-state index contributed by atoms with van der Waals surface area (Å²) in [6.45, 7) is 1.99. The molecule has 2 rings (SSSR count). The second-order valence-corrected chi connectivity index (χ2v) is 5.50. The molecule has 1 heterocycles. The summed E-state index contributed by atoms with van der Waals surface area (Å²) in [5.41, 5.74) is 0.0394. The minimum atomic E-state index is -0.897. The maximum absolute atomic E-state index is 12.1. The number of H-pyrrole nitrogens is 1. The number of aryl methyl sites for hydroxylation is 1. The Kier molecular flexibility index (Phi) is 4.42. The van der Waals surface area contributed by atoms with Crippen LogP contribution in [0.1, 0.15) is 51.1 Å². The van der Waals surface area contributed by atoms with E-state index in [2.05, 4.69) is 15.5 Å². The third-order valence-corrected chi connectivity index (χ3v) is 4.04. The summed E-state index contributed by atoms with van der Waals surface area (Å²) in [6.07, 6.45) is 4.80. The van der Waals surface area contributed by atoms with Crippen LogP contribution in [0.5, 0.6) is 0 Å². The molecule has 3 N–H and O–H groups in total. The molecule has 6 nitrogen and oxygen atoms in total. The summed E-state index contributed by atoms with van der Waals surface area (Å²) in [6, 6.07) is 1.77. The van der Waals surface area contributed by atoms with Gasteiger partial charge in [0.25, 0.3) is 0 Å². The first-order valence-corrected chi connectivity index (χ1v) is 7.13. The maximum Gasteiger partial charge on any atom is 0.310 e. The summed E-state index contributed by atoms with van der Waals surface area (Å²) >= 11 is 0. The van der Waals surface area contributed by atoms with Crippen LogP contribution in [-0.2, 0) is 16.0 Å². The van der Waals surface area contributed by atoms with E-state index in [4.69, 9.17) is 0 Å². The monoisotopic (exact) mass is 279 g/mol. The van der Waals surface area contributed by atoms with Crippen molar-refractivity contribution in [2.75, 3.05) is 5.32 Å². The molecular formula is C14H21N3O3. The number of aliphatic carboxylic acids is 1. The van der Waals surface area contributed by atoms with Crippen LogP contribution >= 0.6 is 0 Å². The first kappa shape index (κ1) is 14.6. The Balaban J connectivity index is 1.99. The number of anilines is 1. The number of aromatic amines is 1. The zero-order valence-electron chi connectivity index (χ0n) is 11.7. The molecule has 1 saturated carbocycles. The highest BCUT2D eigenvalue weighted by atomic mass is 16.4. The molecule has 1 amide bonds. The van der Waals surface area contributed by atoms with Crippen molar-refractivity contribution < 1.29 is 14.7 Å². The highest BCUT2D eigenvalue weighted by molar-refractivity contribution is 5.93. The third-order valence-electron chi connectivity index (χ3n) is 4.04. The fraction of sp³-hybridized carbons (Fsp3) is 0.643. The number of hydrogen-bond donors (Lipinski definition) is 3. The Morgan fingerprint density at radius 2 is 2.10 bits per heavy atom. The van der Waals surface area contributed by atoms with Crippen LogP contribution < -0.4 is 5.32 Å². The summed E-state index contributed by atoms with van der Waals surface area (Å²) in [7, 11) is 0. The molecule has 1 aromatic rings. The van der Waals surface area contributed by atoms with Crippen LogP contribution in [0.4, 0.5) is 5.82 Å². The lowest BCUT2D eigenvalue weighted by Gasteiger charge is -2.32. The number of carbonyl (C=O) groups excluding carboxylic acids is 1. The number of nitrogens with one attached hydrogen (secondary N) is 2. The maximum atomic E-state index is 12.1. The standard InChI is InChI=1S/C14H21N3O3/c1-2-10-8-11(17-16-10)15-12(18)9-14(13(19)20)6-4-3-5-7-14/h8H,2-7,9H2,1H3,(H,19,20)(H2,15,16,17,18). The molecule has 110 valence electrons. The van der Waals surface area contributed by atoms with Gasteiger partial charge >= 0.3 is 5.97 Å². The molecule has 1 fully saturated rings. The van der Waals surface area contributed by atoms with Gasteiger partial charge in [-0.3, -0.25) is 14.7 Å². The zero-order chi connectivity index (χ0) is 14.6. The van der Waals surface area contributed by atoms with Gasteiger partial charge in [-0.25, -0.2) is 0 Å². The van der Waals surface area contributed by atoms with Crippen molar-refractivity contribution in [3.63, 3.8) is 0 Å². The molecule has 0 aromatic carbocycles. The van der Waals surface area contributed by atoms with Crippen molar-refractivity contribution >= 4 is 17.7 Å². The Labute approximate surface area is 118 Å². The number of carbonyl (C=O) groups is 2. The third kappa shape index (κ3) is 3.18. The molecular weight excluding hydrogens is 258 g/mol. The molecule has 20 heavy (non-hydrogen) atoms. The van der Waals surface area contributed by atoms with Crippen molar-refractivity contribution in [2.24, 2.45) is 5.41 Å². The average Bonchev–Trinajstić information content (AvgIpc) is 2.87. The Morgan fingerprint density at radius 3 is 2.65 bits per heavy atom.